The summed E-state index contributed by atoms with van der Waals surface area (Å²) in [6.45, 7) is 2.80. The van der Waals surface area contributed by atoms with Gasteiger partial charge in [-0.15, -0.1) is 0 Å². The molecule has 1 amide bonds. The monoisotopic (exact) mass is 407 g/mol. The van der Waals surface area contributed by atoms with Crippen molar-refractivity contribution in [2.45, 2.75) is 83.3 Å². The van der Waals surface area contributed by atoms with Gasteiger partial charge in [0.25, 0.3) is 0 Å². The number of hydrogen-bond acceptors (Lipinski definition) is 3. The molecule has 1 heterocycles. The molecule has 3 atom stereocenters. The van der Waals surface area contributed by atoms with Crippen LogP contribution in [0.1, 0.15) is 70.3 Å². The van der Waals surface area contributed by atoms with Gasteiger partial charge in [-0.05, 0) is 62.1 Å². The van der Waals surface area contributed by atoms with E-state index in [1.807, 2.05) is 4.90 Å². The van der Waals surface area contributed by atoms with Crippen LogP contribution >= 0.6 is 0 Å². The smallest absolute Gasteiger partial charge is 0.303 e. The molecule has 0 spiro atoms. The predicted molar refractivity (Wildman–Crippen MR) is 110 cm³/mol. The summed E-state index contributed by atoms with van der Waals surface area (Å²) in [5.41, 5.74) is 0.907. The fourth-order valence-corrected chi connectivity index (χ4v) is 4.30. The lowest BCUT2D eigenvalue weighted by molar-refractivity contribution is -0.138. The predicted octanol–water partition coefficient (Wildman–Crippen LogP) is 4.17. The number of amides is 1. The summed E-state index contributed by atoms with van der Waals surface area (Å²) in [6, 6.07) is 6.35. The number of carbonyl (C=O) groups is 2. The lowest BCUT2D eigenvalue weighted by Gasteiger charge is -2.40. The molecule has 1 aliphatic rings. The molecule has 29 heavy (non-hydrogen) atoms. The standard InChI is InChI=1S/C23H34FNO4/c1-17(15-20(26)16-18-10-12-19(24)13-11-18)21-7-6-8-22(27)25(21)14-5-3-2-4-9-23(28)29/h10-13,17,20-21,26H,2-9,14-16H2,1H3,(H,28,29)/t17-,20?,21+/m0/s1. The zero-order valence-electron chi connectivity index (χ0n) is 17.4. The summed E-state index contributed by atoms with van der Waals surface area (Å²) in [6.07, 6.45) is 6.53. The van der Waals surface area contributed by atoms with E-state index in [0.717, 1.165) is 37.7 Å². The fourth-order valence-electron chi connectivity index (χ4n) is 4.30. The zero-order chi connectivity index (χ0) is 21.2. The van der Waals surface area contributed by atoms with Crippen molar-refractivity contribution in [2.24, 2.45) is 5.92 Å². The topological polar surface area (TPSA) is 77.8 Å². The normalized spacial score (nSPS) is 19.2. The van der Waals surface area contributed by atoms with Crippen LogP contribution < -0.4 is 0 Å². The van der Waals surface area contributed by atoms with Crippen LogP contribution in [0.3, 0.4) is 0 Å². The summed E-state index contributed by atoms with van der Waals surface area (Å²) in [5.74, 6) is -0.673. The lowest BCUT2D eigenvalue weighted by Crippen LogP contribution is -2.48. The van der Waals surface area contributed by atoms with Gasteiger partial charge >= 0.3 is 5.97 Å². The molecule has 1 unspecified atom stereocenters. The maximum atomic E-state index is 13.0. The number of piperidine rings is 1. The van der Waals surface area contributed by atoms with Crippen molar-refractivity contribution >= 4 is 11.9 Å². The largest absolute Gasteiger partial charge is 0.481 e. The van der Waals surface area contributed by atoms with Gasteiger partial charge in [0, 0.05) is 25.4 Å². The third-order valence-electron chi connectivity index (χ3n) is 5.84. The Bertz CT molecular complexity index is 649. The molecule has 1 aromatic carbocycles. The number of carboxylic acid groups (broad SMARTS) is 1. The first-order chi connectivity index (χ1) is 13.9. The number of rotatable bonds is 12. The van der Waals surface area contributed by atoms with Gasteiger partial charge in [-0.2, -0.15) is 0 Å². The van der Waals surface area contributed by atoms with E-state index in [-0.39, 0.29) is 30.1 Å². The van der Waals surface area contributed by atoms with Crippen LogP contribution in [-0.2, 0) is 16.0 Å². The second kappa shape index (κ2) is 11.9. The van der Waals surface area contributed by atoms with Gasteiger partial charge in [0.1, 0.15) is 5.82 Å². The number of carboxylic acids is 1. The number of aliphatic carboxylic acids is 1. The van der Waals surface area contributed by atoms with Crippen LogP contribution in [0.15, 0.2) is 24.3 Å². The Morgan fingerprint density at radius 1 is 1.21 bits per heavy atom. The molecule has 162 valence electrons. The molecule has 1 fully saturated rings. The summed E-state index contributed by atoms with van der Waals surface area (Å²) in [7, 11) is 0. The molecule has 5 nitrogen and oxygen atoms in total. The number of aliphatic hydroxyl groups is 1. The van der Waals surface area contributed by atoms with E-state index in [1.54, 1.807) is 12.1 Å². The Morgan fingerprint density at radius 3 is 2.59 bits per heavy atom. The molecule has 0 aliphatic carbocycles. The third-order valence-corrected chi connectivity index (χ3v) is 5.84. The van der Waals surface area contributed by atoms with E-state index >= 15 is 0 Å². The van der Waals surface area contributed by atoms with E-state index in [0.29, 0.717) is 32.2 Å². The molecular weight excluding hydrogens is 373 g/mol. The van der Waals surface area contributed by atoms with E-state index in [9.17, 15) is 19.1 Å². The minimum atomic E-state index is -0.760. The first-order valence-corrected chi connectivity index (χ1v) is 10.8. The maximum Gasteiger partial charge on any atom is 0.303 e. The Labute approximate surface area is 172 Å². The fraction of sp³-hybridized carbons (Fsp3) is 0.652. The Kier molecular flexibility index (Phi) is 9.58. The minimum Gasteiger partial charge on any atom is -0.481 e. The van der Waals surface area contributed by atoms with Crippen molar-refractivity contribution in [2.75, 3.05) is 6.54 Å². The quantitative estimate of drug-likeness (QED) is 0.510. The first kappa shape index (κ1) is 23.3. The highest BCUT2D eigenvalue weighted by molar-refractivity contribution is 5.77. The van der Waals surface area contributed by atoms with Gasteiger partial charge in [0.15, 0.2) is 0 Å². The molecule has 2 rings (SSSR count). The van der Waals surface area contributed by atoms with Gasteiger partial charge in [-0.1, -0.05) is 31.9 Å². The molecule has 1 aromatic rings. The number of likely N-dealkylation sites (tertiary alicyclic amines) is 1. The van der Waals surface area contributed by atoms with Crippen molar-refractivity contribution < 1.29 is 24.2 Å². The second-order valence-corrected chi connectivity index (χ2v) is 8.30. The summed E-state index contributed by atoms with van der Waals surface area (Å²) in [5, 5.41) is 19.2. The van der Waals surface area contributed by atoms with Crippen LogP contribution in [0.25, 0.3) is 0 Å². The second-order valence-electron chi connectivity index (χ2n) is 8.30. The number of unbranched alkanes of at least 4 members (excludes halogenated alkanes) is 3. The van der Waals surface area contributed by atoms with Gasteiger partial charge in [0.05, 0.1) is 6.10 Å². The van der Waals surface area contributed by atoms with Crippen LogP contribution in [-0.4, -0.2) is 45.7 Å². The van der Waals surface area contributed by atoms with Crippen molar-refractivity contribution in [1.29, 1.82) is 0 Å². The van der Waals surface area contributed by atoms with Crippen LogP contribution in [0.4, 0.5) is 4.39 Å². The average Bonchev–Trinajstić information content (AvgIpc) is 2.67. The van der Waals surface area contributed by atoms with Crippen molar-refractivity contribution in [3.8, 4) is 0 Å². The number of hydrogen-bond donors (Lipinski definition) is 2. The Hall–Kier alpha value is -1.95. The summed E-state index contributed by atoms with van der Waals surface area (Å²) in [4.78, 5) is 25.0. The van der Waals surface area contributed by atoms with Crippen LogP contribution in [0, 0.1) is 11.7 Å². The SMILES string of the molecule is C[C@@H](CC(O)Cc1ccc(F)cc1)[C@H]1CCCC(=O)N1CCCCCCC(=O)O. The third kappa shape index (κ3) is 8.13. The van der Waals surface area contributed by atoms with Gasteiger partial charge in [0.2, 0.25) is 5.91 Å². The summed E-state index contributed by atoms with van der Waals surface area (Å²) < 4.78 is 13.0. The highest BCUT2D eigenvalue weighted by atomic mass is 19.1. The zero-order valence-corrected chi connectivity index (χ0v) is 17.4. The van der Waals surface area contributed by atoms with E-state index in [2.05, 4.69) is 6.92 Å². The van der Waals surface area contributed by atoms with Crippen LogP contribution in [0.2, 0.25) is 0 Å². The van der Waals surface area contributed by atoms with Crippen molar-refractivity contribution in [1.82, 2.24) is 4.90 Å². The molecular formula is C23H34FNO4. The molecule has 6 heteroatoms. The highest BCUT2D eigenvalue weighted by Crippen LogP contribution is 2.28. The lowest BCUT2D eigenvalue weighted by atomic mass is 9.86. The average molecular weight is 408 g/mol. The molecule has 0 radical (unpaired) electrons. The van der Waals surface area contributed by atoms with E-state index < -0.39 is 12.1 Å². The minimum absolute atomic E-state index is 0.137. The van der Waals surface area contributed by atoms with Gasteiger partial charge in [-0.3, -0.25) is 9.59 Å². The number of nitrogens with zero attached hydrogens (tertiary/aromatic N) is 1. The molecule has 0 aromatic heterocycles. The van der Waals surface area contributed by atoms with E-state index in [4.69, 9.17) is 5.11 Å². The van der Waals surface area contributed by atoms with Crippen molar-refractivity contribution in [3.05, 3.63) is 35.6 Å². The molecule has 0 saturated carbocycles. The Balaban J connectivity index is 1.81. The number of benzene rings is 1. The van der Waals surface area contributed by atoms with Gasteiger partial charge < -0.3 is 15.1 Å². The highest BCUT2D eigenvalue weighted by Gasteiger charge is 2.32. The molecule has 2 N–H and O–H groups in total. The van der Waals surface area contributed by atoms with Gasteiger partial charge in [-0.25, -0.2) is 4.39 Å². The number of halogens is 1. The summed E-state index contributed by atoms with van der Waals surface area (Å²) >= 11 is 0. The molecule has 1 saturated heterocycles. The van der Waals surface area contributed by atoms with E-state index in [1.165, 1.54) is 12.1 Å². The molecule has 0 bridgehead atoms. The van der Waals surface area contributed by atoms with Crippen molar-refractivity contribution in [3.63, 3.8) is 0 Å². The van der Waals surface area contributed by atoms with Crippen LogP contribution in [0.5, 0.6) is 0 Å². The number of carbonyl (C=O) groups excluding carboxylic acids is 1. The first-order valence-electron chi connectivity index (χ1n) is 10.8. The molecule has 1 aliphatic heterocycles. The maximum absolute atomic E-state index is 13.0. The number of aliphatic hydroxyl groups excluding tert-OH is 1. The Morgan fingerprint density at radius 2 is 1.90 bits per heavy atom.